The molecule has 0 spiro atoms. The van der Waals surface area contributed by atoms with E-state index in [-0.39, 0.29) is 23.7 Å². The van der Waals surface area contributed by atoms with E-state index in [0.29, 0.717) is 10.2 Å². The predicted molar refractivity (Wildman–Crippen MR) is 73.5 cm³/mol. The van der Waals surface area contributed by atoms with Gasteiger partial charge in [0.25, 0.3) is 5.92 Å². The van der Waals surface area contributed by atoms with E-state index in [1.165, 1.54) is 26.4 Å². The van der Waals surface area contributed by atoms with Gasteiger partial charge in [-0.1, -0.05) is 0 Å². The molecular weight excluding hydrogens is 347 g/mol. The third-order valence-electron chi connectivity index (χ3n) is 2.51. The van der Waals surface area contributed by atoms with E-state index in [4.69, 9.17) is 20.3 Å². The highest BCUT2D eigenvalue weighted by atomic mass is 79.9. The molecule has 8 heteroatoms. The highest BCUT2D eigenvalue weighted by Gasteiger charge is 2.39. The van der Waals surface area contributed by atoms with E-state index < -0.39 is 18.6 Å². The van der Waals surface area contributed by atoms with Gasteiger partial charge in [0.15, 0.2) is 0 Å². The molecule has 0 saturated heterocycles. The van der Waals surface area contributed by atoms with Crippen molar-refractivity contribution >= 4 is 28.3 Å². The molecule has 19 heavy (non-hydrogen) atoms. The van der Waals surface area contributed by atoms with Gasteiger partial charge in [0.1, 0.15) is 24.1 Å². The van der Waals surface area contributed by atoms with Crippen LogP contribution in [0.5, 0.6) is 11.5 Å². The second kappa shape index (κ2) is 7.23. The number of nitrogens with two attached hydrogens (primary N) is 1. The first-order chi connectivity index (χ1) is 8.37. The van der Waals surface area contributed by atoms with Gasteiger partial charge in [-0.25, -0.2) is 8.78 Å². The maximum absolute atomic E-state index is 13.4. The molecule has 0 heterocycles. The SMILES string of the molecule is COc1cc([C@H](N)C(F)(F)CO)c(OC)cc1Br.Cl. The zero-order chi connectivity index (χ0) is 13.9. The summed E-state index contributed by atoms with van der Waals surface area (Å²) in [4.78, 5) is 0. The first-order valence-electron chi connectivity index (χ1n) is 5.03. The van der Waals surface area contributed by atoms with Crippen molar-refractivity contribution in [2.45, 2.75) is 12.0 Å². The number of aliphatic hydroxyl groups excluding tert-OH is 1. The molecule has 0 aliphatic rings. The molecule has 1 rings (SSSR count). The average Bonchev–Trinajstić information content (AvgIpc) is 2.37. The van der Waals surface area contributed by atoms with Gasteiger partial charge < -0.3 is 20.3 Å². The molecule has 0 bridgehead atoms. The molecule has 3 N–H and O–H groups in total. The average molecular weight is 363 g/mol. The van der Waals surface area contributed by atoms with Crippen molar-refractivity contribution in [3.05, 3.63) is 22.2 Å². The van der Waals surface area contributed by atoms with Crippen LogP contribution < -0.4 is 15.2 Å². The van der Waals surface area contributed by atoms with E-state index in [1.54, 1.807) is 0 Å². The Hall–Kier alpha value is -0.630. The number of alkyl halides is 2. The second-order valence-corrected chi connectivity index (χ2v) is 4.48. The molecule has 110 valence electrons. The van der Waals surface area contributed by atoms with Crippen molar-refractivity contribution in [2.75, 3.05) is 20.8 Å². The first kappa shape index (κ1) is 18.4. The van der Waals surface area contributed by atoms with Gasteiger partial charge >= 0.3 is 0 Å². The molecule has 0 amide bonds. The van der Waals surface area contributed by atoms with E-state index >= 15 is 0 Å². The number of hydrogen-bond acceptors (Lipinski definition) is 4. The minimum absolute atomic E-state index is 0. The zero-order valence-corrected chi connectivity index (χ0v) is 12.7. The number of benzene rings is 1. The van der Waals surface area contributed by atoms with Crippen LogP contribution in [0.1, 0.15) is 11.6 Å². The Labute approximate surface area is 124 Å². The zero-order valence-electron chi connectivity index (χ0n) is 10.3. The Balaban J connectivity index is 0.00000324. The smallest absolute Gasteiger partial charge is 0.289 e. The van der Waals surface area contributed by atoms with Gasteiger partial charge in [0.2, 0.25) is 0 Å². The Bertz CT molecular complexity index is 435. The number of hydrogen-bond donors (Lipinski definition) is 2. The summed E-state index contributed by atoms with van der Waals surface area (Å²) in [5.74, 6) is -2.88. The van der Waals surface area contributed by atoms with Gasteiger partial charge in [-0.05, 0) is 28.1 Å². The molecule has 0 aliphatic carbocycles. The highest BCUT2D eigenvalue weighted by Crippen LogP contribution is 2.39. The topological polar surface area (TPSA) is 64.7 Å². The number of aliphatic hydroxyl groups is 1. The van der Waals surface area contributed by atoms with Crippen LogP contribution >= 0.6 is 28.3 Å². The summed E-state index contributed by atoms with van der Waals surface area (Å²) in [6.45, 7) is -1.34. The molecule has 1 atom stereocenters. The van der Waals surface area contributed by atoms with Gasteiger partial charge in [-0.2, -0.15) is 0 Å². The van der Waals surface area contributed by atoms with E-state index in [1.807, 2.05) is 0 Å². The molecule has 1 aromatic rings. The summed E-state index contributed by atoms with van der Waals surface area (Å²) < 4.78 is 37.4. The van der Waals surface area contributed by atoms with Crippen LogP contribution in [-0.2, 0) is 0 Å². The number of rotatable bonds is 5. The van der Waals surface area contributed by atoms with Gasteiger partial charge in [0, 0.05) is 5.56 Å². The monoisotopic (exact) mass is 361 g/mol. The summed E-state index contributed by atoms with van der Waals surface area (Å²) in [5.41, 5.74) is 5.54. The number of methoxy groups -OCH3 is 2. The Kier molecular flexibility index (Phi) is 6.99. The summed E-state index contributed by atoms with van der Waals surface area (Å²) in [6.07, 6.45) is 0. The lowest BCUT2D eigenvalue weighted by Gasteiger charge is -2.24. The molecule has 0 aliphatic heterocycles. The summed E-state index contributed by atoms with van der Waals surface area (Å²) in [7, 11) is 2.76. The van der Waals surface area contributed by atoms with Gasteiger partial charge in [0.05, 0.1) is 18.7 Å². The standard InChI is InChI=1S/C11H14BrF2NO3.ClH/c1-17-8-4-7(12)9(18-2)3-6(8)10(15)11(13,14)5-16;/h3-4,10,16H,5,15H2,1-2H3;1H/t10-;/m0./s1. The Morgan fingerprint density at radius 2 is 1.84 bits per heavy atom. The lowest BCUT2D eigenvalue weighted by molar-refractivity contribution is -0.0716. The molecule has 4 nitrogen and oxygen atoms in total. The molecule has 1 aromatic carbocycles. The van der Waals surface area contributed by atoms with Crippen LogP contribution in [0.3, 0.4) is 0 Å². The third kappa shape index (κ3) is 3.92. The van der Waals surface area contributed by atoms with Crippen LogP contribution in [0.2, 0.25) is 0 Å². The van der Waals surface area contributed by atoms with Crippen LogP contribution in [-0.4, -0.2) is 31.9 Å². The predicted octanol–water partition coefficient (Wildman–Crippen LogP) is 2.52. The molecule has 0 radical (unpaired) electrons. The van der Waals surface area contributed by atoms with Crippen molar-refractivity contribution in [1.29, 1.82) is 0 Å². The fourth-order valence-electron chi connectivity index (χ4n) is 1.45. The Morgan fingerprint density at radius 1 is 1.32 bits per heavy atom. The van der Waals surface area contributed by atoms with Crippen molar-refractivity contribution < 1.29 is 23.4 Å². The minimum Gasteiger partial charge on any atom is -0.496 e. The summed E-state index contributed by atoms with van der Waals surface area (Å²) >= 11 is 3.22. The summed E-state index contributed by atoms with van der Waals surface area (Å²) in [6, 6.07) is 1.16. The molecule has 0 fully saturated rings. The highest BCUT2D eigenvalue weighted by molar-refractivity contribution is 9.10. The number of ether oxygens (including phenoxy) is 2. The first-order valence-corrected chi connectivity index (χ1v) is 5.82. The Morgan fingerprint density at radius 3 is 2.26 bits per heavy atom. The van der Waals surface area contributed by atoms with Crippen LogP contribution in [0.15, 0.2) is 16.6 Å². The maximum Gasteiger partial charge on any atom is 0.289 e. The van der Waals surface area contributed by atoms with Crippen LogP contribution in [0.25, 0.3) is 0 Å². The van der Waals surface area contributed by atoms with Crippen molar-refractivity contribution in [3.8, 4) is 11.5 Å². The van der Waals surface area contributed by atoms with Gasteiger partial charge in [-0.3, -0.25) is 0 Å². The van der Waals surface area contributed by atoms with Crippen molar-refractivity contribution in [1.82, 2.24) is 0 Å². The molecule has 0 unspecified atom stereocenters. The quantitative estimate of drug-likeness (QED) is 0.845. The van der Waals surface area contributed by atoms with Crippen LogP contribution in [0, 0.1) is 0 Å². The van der Waals surface area contributed by atoms with E-state index in [9.17, 15) is 8.78 Å². The minimum atomic E-state index is -3.44. The molecular formula is C11H15BrClF2NO3. The number of halogens is 4. The van der Waals surface area contributed by atoms with E-state index in [2.05, 4.69) is 15.9 Å². The molecule has 0 saturated carbocycles. The maximum atomic E-state index is 13.4. The largest absolute Gasteiger partial charge is 0.496 e. The van der Waals surface area contributed by atoms with Crippen molar-refractivity contribution in [2.24, 2.45) is 5.73 Å². The molecule has 0 aromatic heterocycles. The van der Waals surface area contributed by atoms with Crippen molar-refractivity contribution in [3.63, 3.8) is 0 Å². The lowest BCUT2D eigenvalue weighted by atomic mass is 10.0. The third-order valence-corrected chi connectivity index (χ3v) is 3.12. The van der Waals surface area contributed by atoms with Gasteiger partial charge in [-0.15, -0.1) is 12.4 Å². The summed E-state index contributed by atoms with van der Waals surface area (Å²) in [5, 5.41) is 8.66. The normalized spacial score (nSPS) is 12.6. The lowest BCUT2D eigenvalue weighted by Crippen LogP contribution is -2.36. The van der Waals surface area contributed by atoms with E-state index in [0.717, 1.165) is 0 Å². The second-order valence-electron chi connectivity index (χ2n) is 3.63. The van der Waals surface area contributed by atoms with Crippen LogP contribution in [0.4, 0.5) is 8.78 Å². The fourth-order valence-corrected chi connectivity index (χ4v) is 1.94. The fraction of sp³-hybridized carbons (Fsp3) is 0.455.